The molecule has 8 heteroatoms. The van der Waals surface area contributed by atoms with Gasteiger partial charge in [-0.15, -0.1) is 11.3 Å². The number of nitrogens with zero attached hydrogens (tertiary/aromatic N) is 1. The first-order valence-electron chi connectivity index (χ1n) is 8.84. The zero-order valence-corrected chi connectivity index (χ0v) is 17.2. The van der Waals surface area contributed by atoms with E-state index in [1.807, 2.05) is 23.6 Å². The normalized spacial score (nSPS) is 16.5. The SMILES string of the molecule is CS(=O)(=O)Nc1cccc(C2=C=CN(C(=O)c3ccco3)C(c3cccs3)C2)c1. The standard InChI is InChI=1S/C21H18N2O4S2/c1-29(25,26)22-17-6-2-5-15(13-17)16-9-10-23(21(24)19-7-3-11-27-19)18(14-16)20-8-4-12-28-20/h2-8,10-13,18,22H,14H2,1H3. The molecule has 148 valence electrons. The summed E-state index contributed by atoms with van der Waals surface area (Å²) in [7, 11) is -3.37. The Bertz CT molecular complexity index is 1190. The molecule has 0 saturated heterocycles. The van der Waals surface area contributed by atoms with Crippen molar-refractivity contribution >= 4 is 38.5 Å². The molecule has 1 N–H and O–H groups in total. The number of thiophene rings is 1. The zero-order chi connectivity index (χ0) is 20.4. The second-order valence-electron chi connectivity index (χ2n) is 6.63. The second-order valence-corrected chi connectivity index (χ2v) is 9.36. The monoisotopic (exact) mass is 426 g/mol. The van der Waals surface area contributed by atoms with Crippen LogP contribution in [0.2, 0.25) is 0 Å². The number of anilines is 1. The van der Waals surface area contributed by atoms with E-state index in [2.05, 4.69) is 10.5 Å². The molecule has 2 aromatic heterocycles. The third-order valence-electron chi connectivity index (χ3n) is 4.46. The Labute approximate surface area is 172 Å². The summed E-state index contributed by atoms with van der Waals surface area (Å²) in [4.78, 5) is 15.6. The fourth-order valence-electron chi connectivity index (χ4n) is 3.22. The van der Waals surface area contributed by atoms with Crippen molar-refractivity contribution in [3.8, 4) is 0 Å². The largest absolute Gasteiger partial charge is 0.459 e. The highest BCUT2D eigenvalue weighted by Crippen LogP contribution is 2.38. The van der Waals surface area contributed by atoms with Crippen LogP contribution in [0.5, 0.6) is 0 Å². The van der Waals surface area contributed by atoms with E-state index in [0.29, 0.717) is 12.1 Å². The van der Waals surface area contributed by atoms with E-state index in [1.54, 1.807) is 52.8 Å². The minimum atomic E-state index is -3.37. The summed E-state index contributed by atoms with van der Waals surface area (Å²) in [6.07, 6.45) is 4.78. The molecule has 0 radical (unpaired) electrons. The van der Waals surface area contributed by atoms with E-state index in [-0.39, 0.29) is 17.7 Å². The predicted molar refractivity (Wildman–Crippen MR) is 113 cm³/mol. The highest BCUT2D eigenvalue weighted by Gasteiger charge is 2.30. The van der Waals surface area contributed by atoms with Gasteiger partial charge >= 0.3 is 0 Å². The molecule has 1 amide bonds. The van der Waals surface area contributed by atoms with Crippen LogP contribution >= 0.6 is 11.3 Å². The highest BCUT2D eigenvalue weighted by molar-refractivity contribution is 7.92. The molecule has 1 unspecified atom stereocenters. The molecule has 4 rings (SSSR count). The molecule has 1 atom stereocenters. The minimum absolute atomic E-state index is 0.199. The molecule has 0 aliphatic carbocycles. The quantitative estimate of drug-likeness (QED) is 0.610. The number of hydrogen-bond acceptors (Lipinski definition) is 5. The van der Waals surface area contributed by atoms with Gasteiger partial charge in [0.15, 0.2) is 5.76 Å². The average molecular weight is 427 g/mol. The fourth-order valence-corrected chi connectivity index (χ4v) is 4.60. The summed E-state index contributed by atoms with van der Waals surface area (Å²) in [5.74, 6) is 0.0415. The molecular weight excluding hydrogens is 408 g/mol. The number of amides is 1. The lowest BCUT2D eigenvalue weighted by molar-refractivity contribution is 0.0737. The van der Waals surface area contributed by atoms with Gasteiger partial charge in [-0.25, -0.2) is 8.42 Å². The maximum Gasteiger partial charge on any atom is 0.294 e. The van der Waals surface area contributed by atoms with E-state index in [9.17, 15) is 13.2 Å². The molecule has 6 nitrogen and oxygen atoms in total. The van der Waals surface area contributed by atoms with Gasteiger partial charge in [-0.3, -0.25) is 14.4 Å². The maximum atomic E-state index is 12.9. The van der Waals surface area contributed by atoms with Gasteiger partial charge in [0.25, 0.3) is 5.91 Å². The molecule has 29 heavy (non-hydrogen) atoms. The van der Waals surface area contributed by atoms with E-state index < -0.39 is 10.0 Å². The van der Waals surface area contributed by atoms with Gasteiger partial charge in [0.05, 0.1) is 24.8 Å². The highest BCUT2D eigenvalue weighted by atomic mass is 32.2. The lowest BCUT2D eigenvalue weighted by Gasteiger charge is -2.30. The lowest BCUT2D eigenvalue weighted by atomic mass is 9.95. The first-order chi connectivity index (χ1) is 13.9. The first kappa shape index (κ1) is 19.3. The Morgan fingerprint density at radius 2 is 2.10 bits per heavy atom. The van der Waals surface area contributed by atoms with Crippen molar-refractivity contribution in [2.45, 2.75) is 12.5 Å². The van der Waals surface area contributed by atoms with Crippen LogP contribution in [-0.4, -0.2) is 25.5 Å². The van der Waals surface area contributed by atoms with Crippen LogP contribution < -0.4 is 4.72 Å². The smallest absolute Gasteiger partial charge is 0.294 e. The number of rotatable bonds is 5. The Morgan fingerprint density at radius 1 is 1.24 bits per heavy atom. The number of hydrogen-bond donors (Lipinski definition) is 1. The zero-order valence-electron chi connectivity index (χ0n) is 15.5. The van der Waals surface area contributed by atoms with Gasteiger partial charge in [0.2, 0.25) is 10.0 Å². The van der Waals surface area contributed by atoms with Crippen LogP contribution in [0.4, 0.5) is 5.69 Å². The summed E-state index contributed by atoms with van der Waals surface area (Å²) >= 11 is 1.58. The van der Waals surface area contributed by atoms with Gasteiger partial charge in [-0.1, -0.05) is 23.9 Å². The Balaban J connectivity index is 1.71. The first-order valence-corrected chi connectivity index (χ1v) is 11.6. The molecule has 1 aliphatic heterocycles. The molecule has 0 saturated carbocycles. The van der Waals surface area contributed by atoms with Gasteiger partial charge in [0.1, 0.15) is 0 Å². The molecule has 1 aromatic carbocycles. The molecule has 1 aliphatic rings. The lowest BCUT2D eigenvalue weighted by Crippen LogP contribution is -2.31. The van der Waals surface area contributed by atoms with Gasteiger partial charge < -0.3 is 4.42 Å². The van der Waals surface area contributed by atoms with Crippen molar-refractivity contribution in [3.63, 3.8) is 0 Å². The molecule has 3 aromatic rings. The molecule has 0 fully saturated rings. The van der Waals surface area contributed by atoms with Gasteiger partial charge in [0, 0.05) is 22.6 Å². The van der Waals surface area contributed by atoms with Crippen molar-refractivity contribution in [2.75, 3.05) is 11.0 Å². The van der Waals surface area contributed by atoms with E-state index in [4.69, 9.17) is 4.42 Å². The predicted octanol–water partition coefficient (Wildman–Crippen LogP) is 4.50. The number of furan rings is 1. The van der Waals surface area contributed by atoms with Crippen molar-refractivity contribution in [1.82, 2.24) is 4.90 Å². The summed E-state index contributed by atoms with van der Waals surface area (Å²) < 4.78 is 30.8. The van der Waals surface area contributed by atoms with Crippen LogP contribution in [-0.2, 0) is 10.0 Å². The van der Waals surface area contributed by atoms with Crippen LogP contribution in [0.1, 0.15) is 33.5 Å². The third-order valence-corrected chi connectivity index (χ3v) is 6.04. The number of sulfonamides is 1. The van der Waals surface area contributed by atoms with Crippen molar-refractivity contribution < 1.29 is 17.6 Å². The van der Waals surface area contributed by atoms with Crippen LogP contribution in [0.25, 0.3) is 5.57 Å². The van der Waals surface area contributed by atoms with Crippen LogP contribution in [0.3, 0.4) is 0 Å². The summed E-state index contributed by atoms with van der Waals surface area (Å²) in [5, 5.41) is 1.98. The average Bonchev–Trinajstić information content (AvgIpc) is 3.40. The summed E-state index contributed by atoms with van der Waals surface area (Å²) in [6.45, 7) is 0. The molecular formula is C21H18N2O4S2. The summed E-state index contributed by atoms with van der Waals surface area (Å²) in [5.41, 5.74) is 5.42. The van der Waals surface area contributed by atoms with Crippen LogP contribution in [0, 0.1) is 0 Å². The fraction of sp³-hybridized carbons (Fsp3) is 0.143. The topological polar surface area (TPSA) is 79.6 Å². The van der Waals surface area contributed by atoms with Crippen LogP contribution in [0.15, 0.2) is 76.5 Å². The Kier molecular flexibility index (Phi) is 5.15. The van der Waals surface area contributed by atoms with Gasteiger partial charge in [-0.2, -0.15) is 0 Å². The number of carbonyl (C=O) groups is 1. The van der Waals surface area contributed by atoms with Crippen molar-refractivity contribution in [2.24, 2.45) is 0 Å². The third kappa shape index (κ3) is 4.35. The molecule has 3 heterocycles. The van der Waals surface area contributed by atoms with Crippen molar-refractivity contribution in [1.29, 1.82) is 0 Å². The number of nitrogens with one attached hydrogen (secondary N) is 1. The van der Waals surface area contributed by atoms with Gasteiger partial charge in [-0.05, 0) is 41.3 Å². The number of benzene rings is 1. The van der Waals surface area contributed by atoms with E-state index in [1.165, 1.54) is 6.26 Å². The molecule has 0 spiro atoms. The Hall–Kier alpha value is -3.06. The Morgan fingerprint density at radius 3 is 2.79 bits per heavy atom. The maximum absolute atomic E-state index is 12.9. The van der Waals surface area contributed by atoms with E-state index >= 15 is 0 Å². The summed E-state index contributed by atoms with van der Waals surface area (Å²) in [6, 6.07) is 14.2. The molecule has 0 bridgehead atoms. The number of carbonyl (C=O) groups excluding carboxylic acids is 1. The second kappa shape index (κ2) is 7.75. The van der Waals surface area contributed by atoms with Crippen molar-refractivity contribution in [3.05, 3.63) is 88.3 Å². The van der Waals surface area contributed by atoms with E-state index in [0.717, 1.165) is 22.3 Å². The minimum Gasteiger partial charge on any atom is -0.459 e.